The van der Waals surface area contributed by atoms with Gasteiger partial charge in [0.25, 0.3) is 0 Å². The Morgan fingerprint density at radius 1 is 0.923 bits per heavy atom. The predicted octanol–water partition coefficient (Wildman–Crippen LogP) is 3.49. The van der Waals surface area contributed by atoms with Crippen LogP contribution in [0.2, 0.25) is 0 Å². The highest BCUT2D eigenvalue weighted by molar-refractivity contribution is 5.45. The molecule has 0 saturated carbocycles. The Morgan fingerprint density at radius 2 is 1.62 bits per heavy atom. The summed E-state index contributed by atoms with van der Waals surface area (Å²) in [6.45, 7) is 6.77. The molecule has 0 fully saturated rings. The molecule has 0 heteroatoms. The van der Waals surface area contributed by atoms with Crippen molar-refractivity contribution in [1.82, 2.24) is 0 Å². The molecule has 0 nitrogen and oxygen atoms in total. The van der Waals surface area contributed by atoms with E-state index in [0.29, 0.717) is 0 Å². The fourth-order valence-electron chi connectivity index (χ4n) is 2.41. The molecule has 1 aromatic rings. The Kier molecular flexibility index (Phi) is 2.15. The van der Waals surface area contributed by atoms with Gasteiger partial charge in [0.05, 0.1) is 0 Å². The number of hydrogen-bond acceptors (Lipinski definition) is 0. The van der Waals surface area contributed by atoms with Crippen LogP contribution in [0.15, 0.2) is 6.07 Å². The lowest BCUT2D eigenvalue weighted by Gasteiger charge is -2.21. The summed E-state index contributed by atoms with van der Waals surface area (Å²) in [6.07, 6.45) is 5.38. The van der Waals surface area contributed by atoms with E-state index in [4.69, 9.17) is 0 Å². The summed E-state index contributed by atoms with van der Waals surface area (Å²) in [4.78, 5) is 0. The molecule has 0 unspecified atom stereocenters. The van der Waals surface area contributed by atoms with Gasteiger partial charge < -0.3 is 0 Å². The molecule has 0 saturated heterocycles. The molecule has 0 aliphatic heterocycles. The lowest BCUT2D eigenvalue weighted by Crippen LogP contribution is -2.07. The van der Waals surface area contributed by atoms with Gasteiger partial charge in [-0.1, -0.05) is 6.07 Å². The Balaban J connectivity index is 2.60. The molecule has 70 valence electrons. The van der Waals surface area contributed by atoms with E-state index in [2.05, 4.69) is 26.8 Å². The highest BCUT2D eigenvalue weighted by Gasteiger charge is 2.13. The van der Waals surface area contributed by atoms with Crippen molar-refractivity contribution in [3.63, 3.8) is 0 Å². The molecule has 0 amide bonds. The van der Waals surface area contributed by atoms with Crippen LogP contribution in [0.3, 0.4) is 0 Å². The van der Waals surface area contributed by atoms with Crippen LogP contribution in [0, 0.1) is 20.8 Å². The van der Waals surface area contributed by atoms with Crippen LogP contribution in [-0.2, 0) is 12.8 Å². The van der Waals surface area contributed by atoms with Gasteiger partial charge in [-0.05, 0) is 74.3 Å². The molecule has 0 heterocycles. The second kappa shape index (κ2) is 3.17. The zero-order valence-electron chi connectivity index (χ0n) is 8.91. The van der Waals surface area contributed by atoms with E-state index in [1.54, 1.807) is 16.7 Å². The lowest BCUT2D eigenvalue weighted by atomic mass is 9.85. The van der Waals surface area contributed by atoms with E-state index >= 15 is 0 Å². The third kappa shape index (κ3) is 1.39. The summed E-state index contributed by atoms with van der Waals surface area (Å²) in [5.74, 6) is 0. The molecule has 0 atom stereocenters. The van der Waals surface area contributed by atoms with Gasteiger partial charge in [-0.25, -0.2) is 0 Å². The van der Waals surface area contributed by atoms with Crippen molar-refractivity contribution < 1.29 is 0 Å². The van der Waals surface area contributed by atoms with Crippen LogP contribution in [0.5, 0.6) is 0 Å². The molecule has 13 heavy (non-hydrogen) atoms. The maximum atomic E-state index is 2.40. The smallest absolute Gasteiger partial charge is 0.0273 e. The van der Waals surface area contributed by atoms with E-state index in [0.717, 1.165) is 0 Å². The predicted molar refractivity (Wildman–Crippen MR) is 57.3 cm³/mol. The summed E-state index contributed by atoms with van der Waals surface area (Å²) in [6, 6.07) is 2.40. The largest absolute Gasteiger partial charge is 0.0555 e. The van der Waals surface area contributed by atoms with Gasteiger partial charge in [0.15, 0.2) is 0 Å². The molecule has 2 rings (SSSR count). The second-order valence-corrected chi connectivity index (χ2v) is 4.29. The van der Waals surface area contributed by atoms with Gasteiger partial charge in [0, 0.05) is 0 Å². The third-order valence-corrected chi connectivity index (χ3v) is 3.51. The summed E-state index contributed by atoms with van der Waals surface area (Å²) in [5, 5.41) is 0. The average Bonchev–Trinajstić information content (AvgIpc) is 2.15. The topological polar surface area (TPSA) is 0 Å². The highest BCUT2D eigenvalue weighted by Crippen LogP contribution is 2.28. The number of aryl methyl sites for hydroxylation is 2. The van der Waals surface area contributed by atoms with Crippen molar-refractivity contribution >= 4 is 0 Å². The monoisotopic (exact) mass is 174 g/mol. The SMILES string of the molecule is Cc1cc2c(c(C)c1C)CCCC2. The van der Waals surface area contributed by atoms with Crippen LogP contribution < -0.4 is 0 Å². The van der Waals surface area contributed by atoms with E-state index in [1.807, 2.05) is 0 Å². The molecule has 0 radical (unpaired) electrons. The zero-order chi connectivity index (χ0) is 9.42. The van der Waals surface area contributed by atoms with Gasteiger partial charge in [0.1, 0.15) is 0 Å². The standard InChI is InChI=1S/C13H18/c1-9-8-12-6-4-5-7-13(12)11(3)10(9)2/h8H,4-7H2,1-3H3. The molecular formula is C13H18. The molecule has 1 aromatic carbocycles. The Hall–Kier alpha value is -0.780. The first kappa shape index (κ1) is 8.80. The Bertz CT molecular complexity index is 334. The maximum absolute atomic E-state index is 2.40. The quantitative estimate of drug-likeness (QED) is 0.565. The molecule has 0 bridgehead atoms. The van der Waals surface area contributed by atoms with Crippen LogP contribution in [0.25, 0.3) is 0 Å². The first-order valence-electron chi connectivity index (χ1n) is 5.28. The highest BCUT2D eigenvalue weighted by atomic mass is 14.2. The molecule has 1 aliphatic rings. The fraction of sp³-hybridized carbons (Fsp3) is 0.538. The number of rotatable bonds is 0. The minimum absolute atomic E-state index is 1.30. The van der Waals surface area contributed by atoms with Gasteiger partial charge in [-0.3, -0.25) is 0 Å². The van der Waals surface area contributed by atoms with E-state index in [9.17, 15) is 0 Å². The zero-order valence-corrected chi connectivity index (χ0v) is 8.91. The maximum Gasteiger partial charge on any atom is -0.0273 e. The normalized spacial score (nSPS) is 15.6. The van der Waals surface area contributed by atoms with Crippen molar-refractivity contribution in [2.75, 3.05) is 0 Å². The van der Waals surface area contributed by atoms with Crippen molar-refractivity contribution in [3.05, 3.63) is 33.9 Å². The van der Waals surface area contributed by atoms with Gasteiger partial charge in [-0.15, -0.1) is 0 Å². The first-order valence-corrected chi connectivity index (χ1v) is 5.28. The van der Waals surface area contributed by atoms with Gasteiger partial charge >= 0.3 is 0 Å². The number of hydrogen-bond donors (Lipinski definition) is 0. The average molecular weight is 174 g/mol. The van der Waals surface area contributed by atoms with Gasteiger partial charge in [0.2, 0.25) is 0 Å². The summed E-state index contributed by atoms with van der Waals surface area (Å²) >= 11 is 0. The Labute approximate surface area is 81.0 Å². The lowest BCUT2D eigenvalue weighted by molar-refractivity contribution is 0.680. The summed E-state index contributed by atoms with van der Waals surface area (Å²) in [7, 11) is 0. The number of benzene rings is 1. The van der Waals surface area contributed by atoms with Crippen molar-refractivity contribution in [2.24, 2.45) is 0 Å². The molecule has 0 N–H and O–H groups in total. The molecule has 0 spiro atoms. The third-order valence-electron chi connectivity index (χ3n) is 3.51. The first-order chi connectivity index (χ1) is 6.20. The minimum Gasteiger partial charge on any atom is -0.0555 e. The molecule has 1 aliphatic carbocycles. The summed E-state index contributed by atoms with van der Waals surface area (Å²) < 4.78 is 0. The Morgan fingerprint density at radius 3 is 2.38 bits per heavy atom. The number of fused-ring (bicyclic) bond motifs is 1. The van der Waals surface area contributed by atoms with E-state index in [-0.39, 0.29) is 0 Å². The van der Waals surface area contributed by atoms with Crippen molar-refractivity contribution in [1.29, 1.82) is 0 Å². The van der Waals surface area contributed by atoms with E-state index < -0.39 is 0 Å². The minimum atomic E-state index is 1.30. The van der Waals surface area contributed by atoms with Gasteiger partial charge in [-0.2, -0.15) is 0 Å². The van der Waals surface area contributed by atoms with Crippen molar-refractivity contribution in [3.8, 4) is 0 Å². The van der Waals surface area contributed by atoms with Crippen LogP contribution in [0.1, 0.15) is 40.7 Å². The van der Waals surface area contributed by atoms with Crippen LogP contribution in [0.4, 0.5) is 0 Å². The van der Waals surface area contributed by atoms with Crippen molar-refractivity contribution in [2.45, 2.75) is 46.5 Å². The van der Waals surface area contributed by atoms with E-state index in [1.165, 1.54) is 36.8 Å². The fourth-order valence-corrected chi connectivity index (χ4v) is 2.41. The summed E-state index contributed by atoms with van der Waals surface area (Å²) in [5.41, 5.74) is 7.79. The second-order valence-electron chi connectivity index (χ2n) is 4.29. The van der Waals surface area contributed by atoms with Crippen LogP contribution >= 0.6 is 0 Å². The molecular weight excluding hydrogens is 156 g/mol. The molecule has 0 aromatic heterocycles. The van der Waals surface area contributed by atoms with Crippen LogP contribution in [-0.4, -0.2) is 0 Å².